The Bertz CT molecular complexity index is 240. The highest BCUT2D eigenvalue weighted by atomic mass is 16.2. The van der Waals surface area contributed by atoms with Gasteiger partial charge in [-0.25, -0.2) is 0 Å². The molecule has 0 aromatic heterocycles. The molecule has 2 rings (SSSR count). The summed E-state index contributed by atoms with van der Waals surface area (Å²) in [7, 11) is 0. The number of piperazine rings is 1. The second-order valence-corrected chi connectivity index (χ2v) is 5.51. The molecular weight excluding hydrogens is 200 g/mol. The fourth-order valence-corrected chi connectivity index (χ4v) is 2.56. The molecule has 1 saturated carbocycles. The van der Waals surface area contributed by atoms with Gasteiger partial charge in [-0.15, -0.1) is 0 Å². The summed E-state index contributed by atoms with van der Waals surface area (Å²) in [5, 5.41) is 0. The molecule has 0 aromatic rings. The lowest BCUT2D eigenvalue weighted by molar-refractivity contribution is -0.134. The van der Waals surface area contributed by atoms with Crippen LogP contribution in [0, 0.1) is 5.92 Å². The van der Waals surface area contributed by atoms with Crippen LogP contribution in [0.4, 0.5) is 0 Å². The van der Waals surface area contributed by atoms with Gasteiger partial charge in [-0.05, 0) is 32.6 Å². The number of amides is 1. The molecule has 3 nitrogen and oxygen atoms in total. The Morgan fingerprint density at radius 1 is 1.19 bits per heavy atom. The van der Waals surface area contributed by atoms with E-state index in [1.54, 1.807) is 0 Å². The molecule has 0 radical (unpaired) electrons. The lowest BCUT2D eigenvalue weighted by Crippen LogP contribution is -2.51. The van der Waals surface area contributed by atoms with Crippen LogP contribution in [0.3, 0.4) is 0 Å². The Hall–Kier alpha value is -0.570. The van der Waals surface area contributed by atoms with Crippen LogP contribution in [0.1, 0.15) is 39.5 Å². The SMILES string of the molecule is CC(C)N1CCN(C(=O)CC2CCC2)CC1. The topological polar surface area (TPSA) is 23.6 Å². The molecule has 0 atom stereocenters. The van der Waals surface area contributed by atoms with Crippen molar-refractivity contribution in [3.8, 4) is 0 Å². The number of carbonyl (C=O) groups excluding carboxylic acids is 1. The third-order valence-electron chi connectivity index (χ3n) is 4.09. The first-order valence-electron chi connectivity index (χ1n) is 6.68. The summed E-state index contributed by atoms with van der Waals surface area (Å²) in [6.45, 7) is 8.42. The van der Waals surface area contributed by atoms with Gasteiger partial charge >= 0.3 is 0 Å². The van der Waals surface area contributed by atoms with Gasteiger partial charge in [0, 0.05) is 38.6 Å². The number of nitrogens with zero attached hydrogens (tertiary/aromatic N) is 2. The van der Waals surface area contributed by atoms with Crippen molar-refractivity contribution in [1.82, 2.24) is 9.80 Å². The smallest absolute Gasteiger partial charge is 0.222 e. The van der Waals surface area contributed by atoms with E-state index in [2.05, 4.69) is 23.6 Å². The largest absolute Gasteiger partial charge is 0.340 e. The predicted molar refractivity (Wildman–Crippen MR) is 65.2 cm³/mol. The molecule has 1 saturated heterocycles. The monoisotopic (exact) mass is 224 g/mol. The summed E-state index contributed by atoms with van der Waals surface area (Å²) in [5.41, 5.74) is 0. The molecule has 1 heterocycles. The first-order chi connectivity index (χ1) is 7.66. The number of hydrogen-bond acceptors (Lipinski definition) is 2. The molecule has 2 aliphatic rings. The van der Waals surface area contributed by atoms with Gasteiger partial charge in [0.15, 0.2) is 0 Å². The summed E-state index contributed by atoms with van der Waals surface area (Å²) in [6.07, 6.45) is 4.69. The van der Waals surface area contributed by atoms with Gasteiger partial charge in [0.1, 0.15) is 0 Å². The second kappa shape index (κ2) is 5.17. The minimum atomic E-state index is 0.396. The van der Waals surface area contributed by atoms with Crippen LogP contribution in [0.5, 0.6) is 0 Å². The lowest BCUT2D eigenvalue weighted by atomic mass is 9.82. The quantitative estimate of drug-likeness (QED) is 0.729. The molecule has 1 aliphatic carbocycles. The summed E-state index contributed by atoms with van der Waals surface area (Å²) in [6, 6.07) is 0.615. The maximum absolute atomic E-state index is 12.0. The molecule has 92 valence electrons. The normalized spacial score (nSPS) is 23.6. The summed E-state index contributed by atoms with van der Waals surface area (Å²) in [4.78, 5) is 16.5. The van der Waals surface area contributed by atoms with E-state index in [4.69, 9.17) is 0 Å². The van der Waals surface area contributed by atoms with Crippen LogP contribution in [0.2, 0.25) is 0 Å². The molecule has 2 fully saturated rings. The van der Waals surface area contributed by atoms with Crippen molar-refractivity contribution >= 4 is 5.91 Å². The van der Waals surface area contributed by atoms with E-state index in [1.165, 1.54) is 19.3 Å². The van der Waals surface area contributed by atoms with Crippen molar-refractivity contribution in [3.05, 3.63) is 0 Å². The Balaban J connectivity index is 1.72. The van der Waals surface area contributed by atoms with E-state index in [-0.39, 0.29) is 0 Å². The van der Waals surface area contributed by atoms with E-state index >= 15 is 0 Å². The van der Waals surface area contributed by atoms with Crippen molar-refractivity contribution in [2.24, 2.45) is 5.92 Å². The summed E-state index contributed by atoms with van der Waals surface area (Å²) < 4.78 is 0. The van der Waals surface area contributed by atoms with Gasteiger partial charge in [0.2, 0.25) is 5.91 Å². The van der Waals surface area contributed by atoms with Gasteiger partial charge in [-0.2, -0.15) is 0 Å². The first-order valence-corrected chi connectivity index (χ1v) is 6.68. The third-order valence-corrected chi connectivity index (χ3v) is 4.09. The fraction of sp³-hybridized carbons (Fsp3) is 0.923. The molecule has 3 heteroatoms. The van der Waals surface area contributed by atoms with Crippen molar-refractivity contribution in [3.63, 3.8) is 0 Å². The predicted octanol–water partition coefficient (Wildman–Crippen LogP) is 1.73. The zero-order chi connectivity index (χ0) is 11.5. The maximum Gasteiger partial charge on any atom is 0.222 e. The van der Waals surface area contributed by atoms with Crippen LogP contribution >= 0.6 is 0 Å². The minimum absolute atomic E-state index is 0.396. The van der Waals surface area contributed by atoms with Crippen molar-refractivity contribution < 1.29 is 4.79 Å². The van der Waals surface area contributed by atoms with E-state index in [0.717, 1.165) is 32.6 Å². The molecule has 0 unspecified atom stereocenters. The number of rotatable bonds is 3. The maximum atomic E-state index is 12.0. The molecule has 1 amide bonds. The summed E-state index contributed by atoms with van der Waals surface area (Å²) >= 11 is 0. The lowest BCUT2D eigenvalue weighted by Gasteiger charge is -2.38. The average Bonchev–Trinajstić information content (AvgIpc) is 2.23. The van der Waals surface area contributed by atoms with Crippen molar-refractivity contribution in [2.45, 2.75) is 45.6 Å². The van der Waals surface area contributed by atoms with Crippen molar-refractivity contribution in [1.29, 1.82) is 0 Å². The van der Waals surface area contributed by atoms with Gasteiger partial charge < -0.3 is 4.90 Å². The zero-order valence-corrected chi connectivity index (χ0v) is 10.6. The van der Waals surface area contributed by atoms with Gasteiger partial charge in [0.05, 0.1) is 0 Å². The van der Waals surface area contributed by atoms with E-state index in [9.17, 15) is 4.79 Å². The fourth-order valence-electron chi connectivity index (χ4n) is 2.56. The molecule has 1 aliphatic heterocycles. The molecule has 0 aromatic carbocycles. The molecule has 0 spiro atoms. The zero-order valence-electron chi connectivity index (χ0n) is 10.6. The third kappa shape index (κ3) is 2.76. The Morgan fingerprint density at radius 2 is 1.81 bits per heavy atom. The van der Waals surface area contributed by atoms with Crippen LogP contribution < -0.4 is 0 Å². The van der Waals surface area contributed by atoms with E-state index in [1.807, 2.05) is 0 Å². The Labute approximate surface area is 98.8 Å². The molecule has 0 N–H and O–H groups in total. The number of hydrogen-bond donors (Lipinski definition) is 0. The van der Waals surface area contributed by atoms with Crippen LogP contribution in [0.25, 0.3) is 0 Å². The number of carbonyl (C=O) groups is 1. The second-order valence-electron chi connectivity index (χ2n) is 5.51. The average molecular weight is 224 g/mol. The Morgan fingerprint density at radius 3 is 2.25 bits per heavy atom. The minimum Gasteiger partial charge on any atom is -0.340 e. The molecular formula is C13H24N2O. The van der Waals surface area contributed by atoms with Crippen LogP contribution in [0.15, 0.2) is 0 Å². The molecule has 16 heavy (non-hydrogen) atoms. The highest BCUT2D eigenvalue weighted by molar-refractivity contribution is 5.76. The standard InChI is InChI=1S/C13H24N2O/c1-11(2)14-6-8-15(9-7-14)13(16)10-12-4-3-5-12/h11-12H,3-10H2,1-2H3. The molecule has 0 bridgehead atoms. The van der Waals surface area contributed by atoms with Gasteiger partial charge in [-0.1, -0.05) is 6.42 Å². The van der Waals surface area contributed by atoms with Crippen LogP contribution in [-0.2, 0) is 4.79 Å². The van der Waals surface area contributed by atoms with Crippen molar-refractivity contribution in [2.75, 3.05) is 26.2 Å². The van der Waals surface area contributed by atoms with Gasteiger partial charge in [-0.3, -0.25) is 9.69 Å². The van der Waals surface area contributed by atoms with E-state index < -0.39 is 0 Å². The van der Waals surface area contributed by atoms with Gasteiger partial charge in [0.25, 0.3) is 0 Å². The van der Waals surface area contributed by atoms with Crippen LogP contribution in [-0.4, -0.2) is 47.9 Å². The highest BCUT2D eigenvalue weighted by Gasteiger charge is 2.26. The highest BCUT2D eigenvalue weighted by Crippen LogP contribution is 2.30. The Kier molecular flexibility index (Phi) is 3.85. The first kappa shape index (κ1) is 11.9. The summed E-state index contributed by atoms with van der Waals surface area (Å²) in [5.74, 6) is 1.10. The van der Waals surface area contributed by atoms with E-state index in [0.29, 0.717) is 17.9 Å².